The lowest BCUT2D eigenvalue weighted by Crippen LogP contribution is -2.34. The first-order chi connectivity index (χ1) is 12.2. The summed E-state index contributed by atoms with van der Waals surface area (Å²) in [5.41, 5.74) is 4.96. The number of aromatic amines is 1. The fourth-order valence-electron chi connectivity index (χ4n) is 3.39. The highest BCUT2D eigenvalue weighted by molar-refractivity contribution is 7.09. The van der Waals surface area contributed by atoms with Gasteiger partial charge in [0.15, 0.2) is 5.82 Å². The van der Waals surface area contributed by atoms with Crippen molar-refractivity contribution >= 4 is 11.3 Å². The molecule has 6 nitrogen and oxygen atoms in total. The lowest BCUT2D eigenvalue weighted by atomic mass is 9.96. The Morgan fingerprint density at radius 1 is 1.28 bits per heavy atom. The highest BCUT2D eigenvalue weighted by Crippen LogP contribution is 2.28. The maximum Gasteiger partial charge on any atom is 0.156 e. The Labute approximate surface area is 151 Å². The minimum Gasteiger partial charge on any atom is -0.343 e. The van der Waals surface area contributed by atoms with Crippen molar-refractivity contribution in [3.8, 4) is 11.5 Å². The van der Waals surface area contributed by atoms with Gasteiger partial charge in [-0.15, -0.1) is 11.3 Å². The number of aryl methyl sites for hydroxylation is 2. The van der Waals surface area contributed by atoms with Gasteiger partial charge < -0.3 is 4.98 Å². The first-order valence-electron chi connectivity index (χ1n) is 8.65. The van der Waals surface area contributed by atoms with E-state index >= 15 is 0 Å². The number of rotatable bonds is 4. The smallest absolute Gasteiger partial charge is 0.156 e. The van der Waals surface area contributed by atoms with Gasteiger partial charge in [-0.2, -0.15) is 0 Å². The predicted molar refractivity (Wildman–Crippen MR) is 98.5 cm³/mol. The SMILES string of the molecule is Cc1cc(-c2ncc[nH]2)nc([C@H]2CCCN(Cc3scnc3C)C2)n1. The fraction of sp³-hybridized carbons (Fsp3) is 0.444. The quantitative estimate of drug-likeness (QED) is 0.778. The summed E-state index contributed by atoms with van der Waals surface area (Å²) in [5, 5.41) is 0. The molecule has 0 aromatic carbocycles. The van der Waals surface area contributed by atoms with Crippen molar-refractivity contribution < 1.29 is 0 Å². The average molecular weight is 354 g/mol. The number of nitrogens with one attached hydrogen (secondary N) is 1. The molecule has 3 aromatic heterocycles. The second-order valence-electron chi connectivity index (χ2n) is 6.63. The van der Waals surface area contributed by atoms with Crippen molar-refractivity contribution in [2.45, 2.75) is 39.2 Å². The van der Waals surface area contributed by atoms with Crippen LogP contribution in [0.15, 0.2) is 24.0 Å². The molecule has 1 fully saturated rings. The van der Waals surface area contributed by atoms with Crippen LogP contribution in [-0.4, -0.2) is 42.9 Å². The molecule has 7 heteroatoms. The molecule has 0 amide bonds. The molecule has 1 aliphatic heterocycles. The van der Waals surface area contributed by atoms with Gasteiger partial charge in [-0.3, -0.25) is 4.90 Å². The molecule has 1 N–H and O–H groups in total. The topological polar surface area (TPSA) is 70.6 Å². The Hall–Kier alpha value is -2.12. The Morgan fingerprint density at radius 3 is 2.96 bits per heavy atom. The molecule has 1 aliphatic rings. The number of imidazole rings is 1. The summed E-state index contributed by atoms with van der Waals surface area (Å²) >= 11 is 1.75. The summed E-state index contributed by atoms with van der Waals surface area (Å²) in [6.45, 7) is 7.22. The lowest BCUT2D eigenvalue weighted by molar-refractivity contribution is 0.197. The molecule has 1 atom stereocenters. The number of hydrogen-bond acceptors (Lipinski definition) is 6. The van der Waals surface area contributed by atoms with Crippen molar-refractivity contribution in [2.24, 2.45) is 0 Å². The third kappa shape index (κ3) is 3.62. The van der Waals surface area contributed by atoms with Crippen LogP contribution in [0.25, 0.3) is 11.5 Å². The van der Waals surface area contributed by atoms with Gasteiger partial charge in [0.05, 0.1) is 11.2 Å². The first kappa shape index (κ1) is 16.4. The van der Waals surface area contributed by atoms with Crippen LogP contribution in [0.2, 0.25) is 0 Å². The van der Waals surface area contributed by atoms with Gasteiger partial charge in [-0.25, -0.2) is 19.9 Å². The molecule has 4 heterocycles. The van der Waals surface area contributed by atoms with Gasteiger partial charge in [-0.05, 0) is 39.3 Å². The maximum atomic E-state index is 4.81. The van der Waals surface area contributed by atoms with Crippen LogP contribution in [0.3, 0.4) is 0 Å². The van der Waals surface area contributed by atoms with Gasteiger partial charge in [0.2, 0.25) is 0 Å². The van der Waals surface area contributed by atoms with E-state index in [-0.39, 0.29) is 0 Å². The van der Waals surface area contributed by atoms with Crippen LogP contribution in [0.5, 0.6) is 0 Å². The van der Waals surface area contributed by atoms with Crippen molar-refractivity contribution in [1.82, 2.24) is 29.8 Å². The summed E-state index contributed by atoms with van der Waals surface area (Å²) < 4.78 is 0. The molecule has 0 bridgehead atoms. The molecule has 4 rings (SSSR count). The number of nitrogens with zero attached hydrogens (tertiary/aromatic N) is 5. The lowest BCUT2D eigenvalue weighted by Gasteiger charge is -2.31. The largest absolute Gasteiger partial charge is 0.343 e. The van der Waals surface area contributed by atoms with Gasteiger partial charge in [0.25, 0.3) is 0 Å². The van der Waals surface area contributed by atoms with Crippen LogP contribution >= 0.6 is 11.3 Å². The molecule has 0 radical (unpaired) electrons. The third-order valence-electron chi connectivity index (χ3n) is 4.70. The third-order valence-corrected chi connectivity index (χ3v) is 5.61. The molecule has 3 aromatic rings. The van der Waals surface area contributed by atoms with E-state index in [1.807, 2.05) is 24.7 Å². The number of H-pyrrole nitrogens is 1. The molecule has 1 saturated heterocycles. The van der Waals surface area contributed by atoms with Crippen molar-refractivity contribution in [1.29, 1.82) is 0 Å². The average Bonchev–Trinajstić information content (AvgIpc) is 3.27. The van der Waals surface area contributed by atoms with Crippen LogP contribution in [0, 0.1) is 13.8 Å². The Kier molecular flexibility index (Phi) is 4.59. The Balaban J connectivity index is 1.54. The number of likely N-dealkylation sites (tertiary alicyclic amines) is 1. The fourth-order valence-corrected chi connectivity index (χ4v) is 4.21. The number of hydrogen-bond donors (Lipinski definition) is 1. The zero-order valence-corrected chi connectivity index (χ0v) is 15.4. The molecule has 25 heavy (non-hydrogen) atoms. The molecule has 0 unspecified atom stereocenters. The van der Waals surface area contributed by atoms with Crippen molar-refractivity contribution in [3.63, 3.8) is 0 Å². The number of thiazole rings is 1. The zero-order valence-electron chi connectivity index (χ0n) is 14.6. The maximum absolute atomic E-state index is 4.81. The van der Waals surface area contributed by atoms with Crippen LogP contribution in [0.4, 0.5) is 0 Å². The summed E-state index contributed by atoms with van der Waals surface area (Å²) in [4.78, 5) is 25.2. The summed E-state index contributed by atoms with van der Waals surface area (Å²) in [5.74, 6) is 2.12. The van der Waals surface area contributed by atoms with E-state index in [0.29, 0.717) is 5.92 Å². The summed E-state index contributed by atoms with van der Waals surface area (Å²) in [6.07, 6.45) is 5.90. The van der Waals surface area contributed by atoms with E-state index in [1.54, 1.807) is 17.5 Å². The van der Waals surface area contributed by atoms with Gasteiger partial charge in [0.1, 0.15) is 11.5 Å². The van der Waals surface area contributed by atoms with Gasteiger partial charge >= 0.3 is 0 Å². The second kappa shape index (κ2) is 7.01. The zero-order chi connectivity index (χ0) is 17.2. The van der Waals surface area contributed by atoms with E-state index in [2.05, 4.69) is 26.8 Å². The van der Waals surface area contributed by atoms with Crippen LogP contribution in [-0.2, 0) is 6.54 Å². The Morgan fingerprint density at radius 2 is 2.20 bits per heavy atom. The van der Waals surface area contributed by atoms with E-state index in [0.717, 1.165) is 54.8 Å². The van der Waals surface area contributed by atoms with Crippen molar-refractivity contribution in [2.75, 3.05) is 13.1 Å². The summed E-state index contributed by atoms with van der Waals surface area (Å²) in [7, 11) is 0. The van der Waals surface area contributed by atoms with E-state index in [4.69, 9.17) is 9.97 Å². The summed E-state index contributed by atoms with van der Waals surface area (Å²) in [6, 6.07) is 1.99. The van der Waals surface area contributed by atoms with E-state index < -0.39 is 0 Å². The minimum absolute atomic E-state index is 0.371. The normalized spacial score (nSPS) is 18.6. The minimum atomic E-state index is 0.371. The van der Waals surface area contributed by atoms with E-state index in [9.17, 15) is 0 Å². The van der Waals surface area contributed by atoms with E-state index in [1.165, 1.54) is 11.3 Å². The first-order valence-corrected chi connectivity index (χ1v) is 9.53. The highest BCUT2D eigenvalue weighted by Gasteiger charge is 2.25. The highest BCUT2D eigenvalue weighted by atomic mass is 32.1. The van der Waals surface area contributed by atoms with Crippen LogP contribution < -0.4 is 0 Å². The standard InChI is InChI=1S/C18H22N6S/c1-12-8-15(18-19-5-6-20-18)23-17(22-12)14-4-3-7-24(9-14)10-16-13(2)21-11-25-16/h5-6,8,11,14H,3-4,7,9-10H2,1-2H3,(H,19,20)/t14-/m0/s1. The second-order valence-corrected chi connectivity index (χ2v) is 7.57. The molecular weight excluding hydrogens is 332 g/mol. The monoisotopic (exact) mass is 354 g/mol. The van der Waals surface area contributed by atoms with Gasteiger partial charge in [0, 0.05) is 42.0 Å². The molecular formula is C18H22N6S. The number of aromatic nitrogens is 5. The molecule has 0 saturated carbocycles. The molecule has 0 spiro atoms. The Bertz CT molecular complexity index is 841. The van der Waals surface area contributed by atoms with Crippen molar-refractivity contribution in [3.05, 3.63) is 46.1 Å². The number of piperidine rings is 1. The van der Waals surface area contributed by atoms with Crippen LogP contribution in [0.1, 0.15) is 40.8 Å². The molecule has 130 valence electrons. The molecule has 0 aliphatic carbocycles. The predicted octanol–water partition coefficient (Wildman–Crippen LogP) is 3.32. The van der Waals surface area contributed by atoms with Gasteiger partial charge in [-0.1, -0.05) is 0 Å².